The molecule has 0 radical (unpaired) electrons. The van der Waals surface area contributed by atoms with Crippen LogP contribution in [0.4, 0.5) is 4.79 Å². The maximum absolute atomic E-state index is 15.2. The van der Waals surface area contributed by atoms with Crippen molar-refractivity contribution in [3.05, 3.63) is 83.4 Å². The molecule has 3 aromatic rings. The maximum Gasteiger partial charge on any atom is 0.409 e. The number of nitrogens with two attached hydrogens (primary N) is 1. The van der Waals surface area contributed by atoms with Gasteiger partial charge in [-0.3, -0.25) is 42.4 Å². The van der Waals surface area contributed by atoms with Gasteiger partial charge in [-0.2, -0.15) is 0 Å². The van der Waals surface area contributed by atoms with Crippen LogP contribution in [0.2, 0.25) is 0 Å². The molecule has 0 bridgehead atoms. The number of hydrogen-bond donors (Lipinski definition) is 17. The van der Waals surface area contributed by atoms with Crippen LogP contribution >= 0.6 is 11.2 Å². The van der Waals surface area contributed by atoms with Crippen molar-refractivity contribution in [2.45, 2.75) is 118 Å². The van der Waals surface area contributed by atoms with E-state index < -0.39 is 220 Å². The van der Waals surface area contributed by atoms with Crippen molar-refractivity contribution in [2.24, 2.45) is 17.6 Å². The van der Waals surface area contributed by atoms with E-state index in [1.807, 2.05) is 48.5 Å². The molecule has 7 rings (SSSR count). The largest absolute Gasteiger partial charge is 0.504 e. The molecule has 13 atom stereocenters. The number of benzene rings is 3. The molecule has 462 valence electrons. The summed E-state index contributed by atoms with van der Waals surface area (Å²) >= 11 is -4.75. The number of carbonyl (C=O) groups is 7. The lowest BCUT2D eigenvalue weighted by molar-refractivity contribution is -0.147. The van der Waals surface area contributed by atoms with Crippen LogP contribution in [0.25, 0.3) is 11.1 Å². The summed E-state index contributed by atoms with van der Waals surface area (Å²) in [7, 11) is 0. The number of hydrogen-bond acceptors (Lipinski definition) is 22. The summed E-state index contributed by atoms with van der Waals surface area (Å²) in [5.74, 6) is -10.9. The summed E-state index contributed by atoms with van der Waals surface area (Å²) in [6.45, 7) is -1.31. The Bertz CT molecular complexity index is 2820. The van der Waals surface area contributed by atoms with E-state index in [0.717, 1.165) is 62.1 Å². The number of ether oxygens (including phenoxy) is 1. The van der Waals surface area contributed by atoms with Crippen molar-refractivity contribution in [1.29, 1.82) is 0 Å². The van der Waals surface area contributed by atoms with E-state index in [2.05, 4.69) is 25.5 Å². The molecule has 3 aliphatic heterocycles. The summed E-state index contributed by atoms with van der Waals surface area (Å²) in [6.07, 6.45) is -14.0. The minimum absolute atomic E-state index is 0.0748. The summed E-state index contributed by atoms with van der Waals surface area (Å²) in [6, 6.07) is 6.64. The topological polar surface area (TPSA) is 465 Å². The Labute approximate surface area is 483 Å². The summed E-state index contributed by atoms with van der Waals surface area (Å²) in [5.41, 5.74) is 9.64. The molecule has 29 nitrogen and oxygen atoms in total. The van der Waals surface area contributed by atoms with E-state index in [-0.39, 0.29) is 18.7 Å². The van der Waals surface area contributed by atoms with Crippen LogP contribution in [0.5, 0.6) is 11.5 Å². The van der Waals surface area contributed by atoms with Gasteiger partial charge in [0.05, 0.1) is 42.7 Å². The highest BCUT2D eigenvalue weighted by molar-refractivity contribution is 8.15. The van der Waals surface area contributed by atoms with Gasteiger partial charge in [-0.05, 0) is 59.7 Å². The number of nitrogens with zero attached hydrogens (tertiary/aromatic N) is 3. The minimum Gasteiger partial charge on any atom is -0.504 e. The third-order valence-electron chi connectivity index (χ3n) is 15.4. The van der Waals surface area contributed by atoms with Gasteiger partial charge in [0.1, 0.15) is 36.8 Å². The summed E-state index contributed by atoms with van der Waals surface area (Å²) in [5, 5.41) is 108. The quantitative estimate of drug-likeness (QED) is 0.0666. The van der Waals surface area contributed by atoms with Crippen LogP contribution in [0.1, 0.15) is 55.7 Å². The van der Waals surface area contributed by atoms with Gasteiger partial charge in [0, 0.05) is 76.5 Å². The Kier molecular flexibility index (Phi) is 21.6. The number of carbonyl (C=O) groups excluding carboxylic acids is 7. The molecule has 30 heteroatoms. The van der Waals surface area contributed by atoms with Crippen molar-refractivity contribution in [3.63, 3.8) is 0 Å². The third-order valence-corrected chi connectivity index (χ3v) is 15.8. The molecule has 4 aliphatic rings. The molecule has 0 aromatic heterocycles. The fourth-order valence-corrected chi connectivity index (χ4v) is 11.3. The normalized spacial score (nSPS) is 27.0. The Morgan fingerprint density at radius 3 is 1.99 bits per heavy atom. The lowest BCUT2D eigenvalue weighted by Gasteiger charge is -2.34. The van der Waals surface area contributed by atoms with E-state index in [1.165, 1.54) is 6.92 Å². The lowest BCUT2D eigenvalue weighted by atomic mass is 9.98. The van der Waals surface area contributed by atoms with Crippen molar-refractivity contribution in [3.8, 4) is 22.6 Å². The van der Waals surface area contributed by atoms with Crippen LogP contribution in [-0.4, -0.2) is 241 Å². The maximum atomic E-state index is 15.2. The second-order valence-corrected chi connectivity index (χ2v) is 22.8. The zero-order valence-corrected chi connectivity index (χ0v) is 46.7. The molecule has 1 aliphatic carbocycles. The molecule has 3 fully saturated rings. The first-order valence-corrected chi connectivity index (χ1v) is 28.6. The van der Waals surface area contributed by atoms with E-state index in [4.69, 9.17) is 10.5 Å². The van der Waals surface area contributed by atoms with Gasteiger partial charge in [0.15, 0.2) is 11.5 Å². The van der Waals surface area contributed by atoms with Crippen LogP contribution in [0.15, 0.2) is 66.7 Å². The Hall–Kier alpha value is -6.78. The molecule has 84 heavy (non-hydrogen) atoms. The number of rotatable bonds is 16. The standard InChI is InChI=1S/C54H74N8O21S/c1-26-20-62-46(47(26)71)51(75)56-19-30(66)17-37(55)48(72)57-43(27(2)65)52(76)61-22-31(67)18-38(61)49(73)58-44(41(70)15-28-11-12-39(68)42(16-28)83-84(79,80)81)50(74)59-45(53(62)77)40(69)13-14-60(21-29(23-63)24-64)54(78)82-25-36-34-9-5-3-7-32(34)33-8-4-6-10-35(33)36/h3-12,16,26-27,29-31,36-38,40-41,43-47,63-71,79-81H,13-15,17-25,55H2,1-2H3,(H,56,75)(H,57,72)(H,58,73)(H,59,74)/t26-,27+,30+,31+,37?,38-,40+,41+,43-,44-,45-,46-,47-/m0/s1. The Morgan fingerprint density at radius 1 is 0.762 bits per heavy atom. The van der Waals surface area contributed by atoms with Crippen LogP contribution in [-0.2, 0) is 39.9 Å². The van der Waals surface area contributed by atoms with E-state index in [0.29, 0.717) is 0 Å². The molecule has 1 unspecified atom stereocenters. The van der Waals surface area contributed by atoms with Gasteiger partial charge in [-0.1, -0.05) is 61.5 Å². The van der Waals surface area contributed by atoms with Gasteiger partial charge in [-0.15, -0.1) is 0 Å². The highest BCUT2D eigenvalue weighted by Crippen LogP contribution is 2.45. The summed E-state index contributed by atoms with van der Waals surface area (Å²) in [4.78, 5) is 103. The molecule has 3 heterocycles. The Balaban J connectivity index is 1.26. The van der Waals surface area contributed by atoms with E-state index >= 15 is 9.59 Å². The molecule has 3 aromatic carbocycles. The van der Waals surface area contributed by atoms with Crippen LogP contribution < -0.4 is 31.2 Å². The number of phenolic OH excluding ortho intramolecular Hbond substituents is 1. The fraction of sp³-hybridized carbons (Fsp3) is 0.537. The zero-order valence-electron chi connectivity index (χ0n) is 45.9. The number of fused-ring (bicyclic) bond motifs is 5. The van der Waals surface area contributed by atoms with Gasteiger partial charge in [-0.25, -0.2) is 4.79 Å². The van der Waals surface area contributed by atoms with Crippen molar-refractivity contribution >= 4 is 52.7 Å². The first-order valence-electron chi connectivity index (χ1n) is 27.2. The monoisotopic (exact) mass is 1200 g/mol. The number of aliphatic hydroxyl groups is 8. The smallest absolute Gasteiger partial charge is 0.409 e. The second-order valence-electron chi connectivity index (χ2n) is 21.7. The molecule has 0 spiro atoms. The Morgan fingerprint density at radius 2 is 1.37 bits per heavy atom. The number of phenols is 1. The average molecular weight is 1200 g/mol. The first kappa shape index (κ1) is 64.8. The first-order chi connectivity index (χ1) is 39.7. The van der Waals surface area contributed by atoms with Crippen LogP contribution in [0, 0.1) is 11.8 Å². The van der Waals surface area contributed by atoms with Gasteiger partial charge >= 0.3 is 6.09 Å². The van der Waals surface area contributed by atoms with Gasteiger partial charge in [0.2, 0.25) is 35.4 Å². The highest BCUT2D eigenvalue weighted by Gasteiger charge is 2.50. The molecular formula is C54H74N8O21S. The number of amides is 7. The van der Waals surface area contributed by atoms with Crippen molar-refractivity contribution < 1.29 is 102 Å². The number of β-amino-alcohol motifs (C(OH)–C–C–N with tert-alkyl or cyclic N) is 1. The predicted molar refractivity (Wildman–Crippen MR) is 295 cm³/mol. The molecule has 7 amide bonds. The summed E-state index contributed by atoms with van der Waals surface area (Å²) < 4.78 is 39.3. The predicted octanol–water partition coefficient (Wildman–Crippen LogP) is -3.37. The highest BCUT2D eigenvalue weighted by atomic mass is 32.3. The fourth-order valence-electron chi connectivity index (χ4n) is 10.9. The van der Waals surface area contributed by atoms with Crippen molar-refractivity contribution in [2.75, 3.05) is 52.5 Å². The van der Waals surface area contributed by atoms with E-state index in [1.54, 1.807) is 0 Å². The van der Waals surface area contributed by atoms with E-state index in [9.17, 15) is 83.6 Å². The van der Waals surface area contributed by atoms with Gasteiger partial charge in [0.25, 0.3) is 11.2 Å². The van der Waals surface area contributed by atoms with Crippen molar-refractivity contribution in [1.82, 2.24) is 36.0 Å². The van der Waals surface area contributed by atoms with Gasteiger partial charge < -0.3 is 96.6 Å². The molecular weight excluding hydrogens is 1130 g/mol. The lowest BCUT2D eigenvalue weighted by Crippen LogP contribution is -2.64. The molecule has 18 N–H and O–H groups in total. The second kappa shape index (κ2) is 27.9. The number of aliphatic hydroxyl groups excluding tert-OH is 8. The minimum atomic E-state index is -4.75. The number of aromatic hydroxyl groups is 1. The average Bonchev–Trinajstić information content (AvgIpc) is 2.37. The SMILES string of the molecule is C[C@@H](O)[C@@H]1NC(=O)C(N)C[C@@H](O)CNC(=O)[C@@H]2[C@@H](O)[C@@H](C)CN2C(=O)[C@H]([C@H](O)CCN(CC(CO)CO)C(=O)OCC2c3ccccc3-c3ccccc32)NC(=O)[C@H]([C@H](O)Cc2ccc(O)c(OS(O)(O)O)c2)NC(=O)[C@@H]2C[C@@H](O)CN2C1=O. The zero-order chi connectivity index (χ0) is 61.5. The number of nitrogens with one attached hydrogen (secondary N) is 4. The molecule has 3 saturated heterocycles. The third kappa shape index (κ3) is 15.4. The van der Waals surface area contributed by atoms with Crippen LogP contribution in [0.3, 0.4) is 0 Å². The molecule has 0 saturated carbocycles.